The van der Waals surface area contributed by atoms with Crippen molar-refractivity contribution in [3.8, 4) is 11.5 Å². The van der Waals surface area contributed by atoms with Crippen LogP contribution in [0.2, 0.25) is 0 Å². The van der Waals surface area contributed by atoms with Gasteiger partial charge in [-0.2, -0.15) is 0 Å². The predicted octanol–water partition coefficient (Wildman–Crippen LogP) is 1.46. The standard InChI is InChI=1S/C12H14O5/c1-4-17-12(16)11(15)8-5-6(2)7(3)9(13)10(8)14/h5,13-14H,4H2,1-3H3. The highest BCUT2D eigenvalue weighted by atomic mass is 16.5. The average Bonchev–Trinajstić information content (AvgIpc) is 2.30. The summed E-state index contributed by atoms with van der Waals surface area (Å²) in [6.45, 7) is 4.91. The molecule has 92 valence electrons. The lowest BCUT2D eigenvalue weighted by Crippen LogP contribution is -2.18. The molecule has 0 spiro atoms. The molecule has 0 atom stereocenters. The monoisotopic (exact) mass is 238 g/mol. The zero-order valence-electron chi connectivity index (χ0n) is 9.90. The number of esters is 1. The largest absolute Gasteiger partial charge is 0.504 e. The van der Waals surface area contributed by atoms with E-state index in [0.717, 1.165) is 0 Å². The third-order valence-electron chi connectivity index (χ3n) is 2.49. The maximum atomic E-state index is 11.6. The molecule has 0 saturated carbocycles. The summed E-state index contributed by atoms with van der Waals surface area (Å²) in [5.74, 6) is -3.00. The van der Waals surface area contributed by atoms with Crippen LogP contribution in [0.4, 0.5) is 0 Å². The molecule has 0 radical (unpaired) electrons. The molecule has 1 rings (SSSR count). The van der Waals surface area contributed by atoms with E-state index in [9.17, 15) is 19.8 Å². The van der Waals surface area contributed by atoms with Crippen LogP contribution in [-0.4, -0.2) is 28.6 Å². The van der Waals surface area contributed by atoms with Gasteiger partial charge in [0.1, 0.15) is 0 Å². The number of Topliss-reactive ketones (excluding diaryl/α,β-unsaturated/α-hetero) is 1. The van der Waals surface area contributed by atoms with Crippen molar-refractivity contribution in [1.82, 2.24) is 0 Å². The van der Waals surface area contributed by atoms with E-state index in [2.05, 4.69) is 4.74 Å². The summed E-state index contributed by atoms with van der Waals surface area (Å²) in [5, 5.41) is 19.2. The number of hydrogen-bond donors (Lipinski definition) is 2. The van der Waals surface area contributed by atoms with Gasteiger partial charge >= 0.3 is 5.97 Å². The Labute approximate surface area is 98.6 Å². The van der Waals surface area contributed by atoms with Crippen LogP contribution in [0.3, 0.4) is 0 Å². The highest BCUT2D eigenvalue weighted by Crippen LogP contribution is 2.34. The smallest absolute Gasteiger partial charge is 0.379 e. The van der Waals surface area contributed by atoms with E-state index in [1.165, 1.54) is 6.07 Å². The fraction of sp³-hybridized carbons (Fsp3) is 0.333. The number of rotatable bonds is 3. The van der Waals surface area contributed by atoms with Crippen molar-refractivity contribution >= 4 is 11.8 Å². The molecule has 0 heterocycles. The number of phenols is 2. The molecule has 0 saturated heterocycles. The highest BCUT2D eigenvalue weighted by molar-refractivity contribution is 6.41. The zero-order valence-corrected chi connectivity index (χ0v) is 9.90. The molecular weight excluding hydrogens is 224 g/mol. The molecule has 0 fully saturated rings. The number of ketones is 1. The molecule has 0 unspecified atom stereocenters. The number of aromatic hydroxyl groups is 2. The van der Waals surface area contributed by atoms with Crippen molar-refractivity contribution in [1.29, 1.82) is 0 Å². The van der Waals surface area contributed by atoms with E-state index >= 15 is 0 Å². The molecule has 1 aromatic rings. The quantitative estimate of drug-likeness (QED) is 0.360. The van der Waals surface area contributed by atoms with Gasteiger partial charge in [0.15, 0.2) is 11.5 Å². The van der Waals surface area contributed by atoms with Gasteiger partial charge in [0.2, 0.25) is 0 Å². The van der Waals surface area contributed by atoms with Crippen molar-refractivity contribution in [2.45, 2.75) is 20.8 Å². The molecule has 0 aliphatic rings. The summed E-state index contributed by atoms with van der Waals surface area (Å²) < 4.78 is 4.54. The lowest BCUT2D eigenvalue weighted by molar-refractivity contribution is -0.137. The van der Waals surface area contributed by atoms with Gasteiger partial charge in [0.25, 0.3) is 5.78 Å². The summed E-state index contributed by atoms with van der Waals surface area (Å²) in [6.07, 6.45) is 0. The number of hydrogen-bond acceptors (Lipinski definition) is 5. The topological polar surface area (TPSA) is 83.8 Å². The molecule has 2 N–H and O–H groups in total. The van der Waals surface area contributed by atoms with Crippen molar-refractivity contribution in [3.63, 3.8) is 0 Å². The van der Waals surface area contributed by atoms with E-state index < -0.39 is 23.3 Å². The Bertz CT molecular complexity index is 476. The van der Waals surface area contributed by atoms with Crippen molar-refractivity contribution < 1.29 is 24.5 Å². The maximum Gasteiger partial charge on any atom is 0.379 e. The molecule has 0 aliphatic heterocycles. The van der Waals surface area contributed by atoms with Crippen LogP contribution < -0.4 is 0 Å². The normalized spacial score (nSPS) is 10.1. The molecule has 5 heteroatoms. The number of benzene rings is 1. The SMILES string of the molecule is CCOC(=O)C(=O)c1cc(C)c(C)c(O)c1O. The maximum absolute atomic E-state index is 11.6. The fourth-order valence-corrected chi connectivity index (χ4v) is 1.36. The minimum Gasteiger partial charge on any atom is -0.504 e. The van der Waals surface area contributed by atoms with E-state index in [4.69, 9.17) is 0 Å². The van der Waals surface area contributed by atoms with E-state index in [0.29, 0.717) is 11.1 Å². The fourth-order valence-electron chi connectivity index (χ4n) is 1.36. The first-order chi connectivity index (χ1) is 7.90. The van der Waals surface area contributed by atoms with Crippen LogP contribution in [-0.2, 0) is 9.53 Å². The van der Waals surface area contributed by atoms with Crippen molar-refractivity contribution in [2.75, 3.05) is 6.61 Å². The molecule has 5 nitrogen and oxygen atoms in total. The van der Waals surface area contributed by atoms with Gasteiger partial charge in [-0.05, 0) is 38.0 Å². The summed E-state index contributed by atoms with van der Waals surface area (Å²) in [7, 11) is 0. The predicted molar refractivity (Wildman–Crippen MR) is 60.2 cm³/mol. The van der Waals surface area contributed by atoms with Gasteiger partial charge in [-0.1, -0.05) is 0 Å². The Morgan fingerprint density at radius 2 is 1.82 bits per heavy atom. The summed E-state index contributed by atoms with van der Waals surface area (Å²) in [6, 6.07) is 1.35. The van der Waals surface area contributed by atoms with Crippen LogP contribution in [0.15, 0.2) is 6.07 Å². The van der Waals surface area contributed by atoms with Crippen LogP contribution in [0.1, 0.15) is 28.4 Å². The van der Waals surface area contributed by atoms with Crippen LogP contribution >= 0.6 is 0 Å². The number of ether oxygens (including phenoxy) is 1. The molecule has 17 heavy (non-hydrogen) atoms. The lowest BCUT2D eigenvalue weighted by Gasteiger charge is -2.09. The third kappa shape index (κ3) is 2.38. The summed E-state index contributed by atoms with van der Waals surface area (Å²) in [5.41, 5.74) is 0.819. The minimum absolute atomic E-state index is 0.0716. The number of carbonyl (C=O) groups is 2. The van der Waals surface area contributed by atoms with Crippen molar-refractivity contribution in [2.24, 2.45) is 0 Å². The second-order valence-electron chi connectivity index (χ2n) is 3.61. The third-order valence-corrected chi connectivity index (χ3v) is 2.49. The first-order valence-electron chi connectivity index (χ1n) is 5.13. The van der Waals surface area contributed by atoms with E-state index in [1.807, 2.05) is 0 Å². The van der Waals surface area contributed by atoms with Crippen molar-refractivity contribution in [3.05, 3.63) is 22.8 Å². The summed E-state index contributed by atoms with van der Waals surface area (Å²) >= 11 is 0. The van der Waals surface area contributed by atoms with Gasteiger partial charge in [-0.25, -0.2) is 4.79 Å². The van der Waals surface area contributed by atoms with E-state index in [1.54, 1.807) is 20.8 Å². The molecule has 0 bridgehead atoms. The molecular formula is C12H14O5. The Morgan fingerprint density at radius 3 is 2.35 bits per heavy atom. The van der Waals surface area contributed by atoms with Gasteiger partial charge in [-0.3, -0.25) is 4.79 Å². The van der Waals surface area contributed by atoms with Gasteiger partial charge in [0, 0.05) is 0 Å². The van der Waals surface area contributed by atoms with Crippen LogP contribution in [0, 0.1) is 13.8 Å². The van der Waals surface area contributed by atoms with Gasteiger partial charge in [0.05, 0.1) is 12.2 Å². The second-order valence-corrected chi connectivity index (χ2v) is 3.61. The van der Waals surface area contributed by atoms with Crippen LogP contribution in [0.5, 0.6) is 11.5 Å². The second kappa shape index (κ2) is 4.86. The average molecular weight is 238 g/mol. The number of phenolic OH excluding ortho intramolecular Hbond substituents is 2. The molecule has 1 aromatic carbocycles. The van der Waals surface area contributed by atoms with Gasteiger partial charge < -0.3 is 14.9 Å². The molecule has 0 aliphatic carbocycles. The number of carbonyl (C=O) groups excluding carboxylic acids is 2. The Balaban J connectivity index is 3.24. The first kappa shape index (κ1) is 13.0. The Hall–Kier alpha value is -2.04. The Morgan fingerprint density at radius 1 is 1.24 bits per heavy atom. The Kier molecular flexibility index (Phi) is 3.73. The summed E-state index contributed by atoms with van der Waals surface area (Å²) in [4.78, 5) is 22.9. The first-order valence-corrected chi connectivity index (χ1v) is 5.13. The zero-order chi connectivity index (χ0) is 13.2. The number of aryl methyl sites for hydroxylation is 1. The van der Waals surface area contributed by atoms with E-state index in [-0.39, 0.29) is 12.2 Å². The van der Waals surface area contributed by atoms with Crippen LogP contribution in [0.25, 0.3) is 0 Å². The molecule has 0 aromatic heterocycles. The highest BCUT2D eigenvalue weighted by Gasteiger charge is 2.24. The minimum atomic E-state index is -1.05. The molecule has 0 amide bonds. The van der Waals surface area contributed by atoms with Gasteiger partial charge in [-0.15, -0.1) is 0 Å². The lowest BCUT2D eigenvalue weighted by atomic mass is 10.0.